The van der Waals surface area contributed by atoms with Crippen LogP contribution in [0.1, 0.15) is 21.7 Å². The number of amides is 1. The van der Waals surface area contributed by atoms with Crippen LogP contribution in [0.25, 0.3) is 0 Å². The van der Waals surface area contributed by atoms with Crippen LogP contribution in [-0.2, 0) is 13.1 Å². The van der Waals surface area contributed by atoms with Crippen LogP contribution < -0.4 is 11.1 Å². The summed E-state index contributed by atoms with van der Waals surface area (Å²) in [6, 6.07) is 1.83. The lowest BCUT2D eigenvalue weighted by atomic mass is 10.3. The number of primary amides is 1. The van der Waals surface area contributed by atoms with Crippen molar-refractivity contribution in [1.82, 2.24) is 20.3 Å². The molecule has 0 saturated carbocycles. The number of nitrogens with zero attached hydrogens (tertiary/aromatic N) is 3. The zero-order chi connectivity index (χ0) is 12.8. The molecule has 6 nitrogen and oxygen atoms in total. The molecular weight excluding hydrogens is 250 g/mol. The van der Waals surface area contributed by atoms with Crippen LogP contribution in [0.4, 0.5) is 0 Å². The highest BCUT2D eigenvalue weighted by molar-refractivity contribution is 7.10. The van der Waals surface area contributed by atoms with Crippen LogP contribution in [-0.4, -0.2) is 27.4 Å². The standard InChI is InChI=1S/C11H15N5OS/c12-11(17)9-6-10(18-8-9)7-13-2-1-4-16-5-3-14-15-16/h3,5-6,8,13H,1-2,4,7H2,(H2,12,17). The van der Waals surface area contributed by atoms with Crippen molar-refractivity contribution in [3.05, 3.63) is 34.3 Å². The van der Waals surface area contributed by atoms with Gasteiger partial charge in [-0.05, 0) is 19.0 Å². The summed E-state index contributed by atoms with van der Waals surface area (Å²) in [4.78, 5) is 12.0. The number of aryl methyl sites for hydroxylation is 1. The molecule has 96 valence electrons. The first-order chi connectivity index (χ1) is 8.75. The van der Waals surface area contributed by atoms with Gasteiger partial charge in [0.25, 0.3) is 0 Å². The minimum Gasteiger partial charge on any atom is -0.366 e. The lowest BCUT2D eigenvalue weighted by Crippen LogP contribution is -2.16. The van der Waals surface area contributed by atoms with E-state index in [9.17, 15) is 4.79 Å². The van der Waals surface area contributed by atoms with Gasteiger partial charge in [0.15, 0.2) is 0 Å². The molecule has 7 heteroatoms. The summed E-state index contributed by atoms with van der Waals surface area (Å²) in [7, 11) is 0. The SMILES string of the molecule is NC(=O)c1csc(CNCCCn2ccnn2)c1. The summed E-state index contributed by atoms with van der Waals surface area (Å²) in [5.41, 5.74) is 5.77. The number of aromatic nitrogens is 3. The molecule has 0 atom stereocenters. The molecule has 0 aliphatic rings. The van der Waals surface area contributed by atoms with Gasteiger partial charge >= 0.3 is 0 Å². The molecular formula is C11H15N5OS. The number of hydrogen-bond acceptors (Lipinski definition) is 5. The van der Waals surface area contributed by atoms with Crippen LogP contribution in [0.15, 0.2) is 23.8 Å². The van der Waals surface area contributed by atoms with Gasteiger partial charge in [-0.15, -0.1) is 16.4 Å². The summed E-state index contributed by atoms with van der Waals surface area (Å²) < 4.78 is 1.80. The number of nitrogens with one attached hydrogen (secondary N) is 1. The first kappa shape index (κ1) is 12.7. The van der Waals surface area contributed by atoms with Crippen LogP contribution in [0.2, 0.25) is 0 Å². The number of thiophene rings is 1. The summed E-state index contributed by atoms with van der Waals surface area (Å²) in [5, 5.41) is 12.7. The van der Waals surface area contributed by atoms with Gasteiger partial charge in [0.1, 0.15) is 0 Å². The minimum absolute atomic E-state index is 0.372. The van der Waals surface area contributed by atoms with Crippen LogP contribution in [0, 0.1) is 0 Å². The van der Waals surface area contributed by atoms with Crippen molar-refractivity contribution in [1.29, 1.82) is 0 Å². The van der Waals surface area contributed by atoms with Crippen LogP contribution in [0.5, 0.6) is 0 Å². The third-order valence-electron chi connectivity index (χ3n) is 2.45. The zero-order valence-electron chi connectivity index (χ0n) is 9.87. The number of carbonyl (C=O) groups is 1. The van der Waals surface area contributed by atoms with E-state index in [1.807, 2.05) is 12.3 Å². The number of nitrogens with two attached hydrogens (primary N) is 1. The van der Waals surface area contributed by atoms with Crippen molar-refractivity contribution in [2.75, 3.05) is 6.54 Å². The van der Waals surface area contributed by atoms with Crippen LogP contribution in [0.3, 0.4) is 0 Å². The highest BCUT2D eigenvalue weighted by Crippen LogP contribution is 2.13. The molecule has 2 aromatic heterocycles. The molecule has 1 amide bonds. The predicted octanol–water partition coefficient (Wildman–Crippen LogP) is 0.618. The van der Waals surface area contributed by atoms with E-state index in [2.05, 4.69) is 15.6 Å². The Morgan fingerprint density at radius 1 is 1.56 bits per heavy atom. The Hall–Kier alpha value is -1.73. The Morgan fingerprint density at radius 3 is 3.11 bits per heavy atom. The molecule has 0 saturated heterocycles. The molecule has 2 aromatic rings. The van der Waals surface area contributed by atoms with Crippen molar-refractivity contribution in [3.8, 4) is 0 Å². The monoisotopic (exact) mass is 265 g/mol. The molecule has 0 radical (unpaired) electrons. The van der Waals surface area contributed by atoms with Crippen molar-refractivity contribution in [2.45, 2.75) is 19.5 Å². The van der Waals surface area contributed by atoms with E-state index in [0.29, 0.717) is 5.56 Å². The Labute approximate surface area is 109 Å². The van der Waals surface area contributed by atoms with Crippen molar-refractivity contribution >= 4 is 17.2 Å². The number of hydrogen-bond donors (Lipinski definition) is 2. The van der Waals surface area contributed by atoms with Gasteiger partial charge in [0.2, 0.25) is 5.91 Å². The maximum atomic E-state index is 10.9. The van der Waals surface area contributed by atoms with E-state index in [4.69, 9.17) is 5.73 Å². The Bertz CT molecular complexity index is 493. The van der Waals surface area contributed by atoms with E-state index < -0.39 is 0 Å². The maximum Gasteiger partial charge on any atom is 0.249 e. The molecule has 18 heavy (non-hydrogen) atoms. The largest absolute Gasteiger partial charge is 0.366 e. The third-order valence-corrected chi connectivity index (χ3v) is 3.39. The molecule has 0 spiro atoms. The fourth-order valence-electron chi connectivity index (χ4n) is 1.53. The second-order valence-corrected chi connectivity index (χ2v) is 4.86. The summed E-state index contributed by atoms with van der Waals surface area (Å²) in [6.07, 6.45) is 4.50. The van der Waals surface area contributed by atoms with E-state index in [1.165, 1.54) is 0 Å². The molecule has 3 N–H and O–H groups in total. The Balaban J connectivity index is 1.64. The Kier molecular flexibility index (Phi) is 4.43. The quantitative estimate of drug-likeness (QED) is 0.719. The van der Waals surface area contributed by atoms with Crippen molar-refractivity contribution < 1.29 is 4.79 Å². The highest BCUT2D eigenvalue weighted by atomic mass is 32.1. The van der Waals surface area contributed by atoms with Gasteiger partial charge in [-0.3, -0.25) is 9.48 Å². The van der Waals surface area contributed by atoms with E-state index in [0.717, 1.165) is 30.9 Å². The number of rotatable bonds is 7. The van der Waals surface area contributed by atoms with Gasteiger partial charge in [-0.2, -0.15) is 0 Å². The Morgan fingerprint density at radius 2 is 2.44 bits per heavy atom. The molecule has 2 rings (SSSR count). The molecule has 0 aliphatic heterocycles. The number of carbonyl (C=O) groups excluding carboxylic acids is 1. The summed E-state index contributed by atoms with van der Waals surface area (Å²) >= 11 is 1.54. The molecule has 0 unspecified atom stereocenters. The second-order valence-electron chi connectivity index (χ2n) is 3.86. The van der Waals surface area contributed by atoms with Gasteiger partial charge in [0, 0.05) is 29.5 Å². The molecule has 0 aliphatic carbocycles. The van der Waals surface area contributed by atoms with Crippen molar-refractivity contribution in [3.63, 3.8) is 0 Å². The summed E-state index contributed by atoms with van der Waals surface area (Å²) in [5.74, 6) is -0.372. The fraction of sp³-hybridized carbons (Fsp3) is 0.364. The molecule has 0 aromatic carbocycles. The molecule has 0 fully saturated rings. The highest BCUT2D eigenvalue weighted by Gasteiger charge is 2.03. The van der Waals surface area contributed by atoms with E-state index >= 15 is 0 Å². The average molecular weight is 265 g/mol. The summed E-state index contributed by atoms with van der Waals surface area (Å²) in [6.45, 7) is 2.50. The van der Waals surface area contributed by atoms with E-state index in [-0.39, 0.29) is 5.91 Å². The first-order valence-electron chi connectivity index (χ1n) is 5.68. The van der Waals surface area contributed by atoms with E-state index in [1.54, 1.807) is 27.6 Å². The van der Waals surface area contributed by atoms with Gasteiger partial charge in [-0.25, -0.2) is 0 Å². The fourth-order valence-corrected chi connectivity index (χ4v) is 2.38. The maximum absolute atomic E-state index is 10.9. The third kappa shape index (κ3) is 3.64. The topological polar surface area (TPSA) is 85.8 Å². The average Bonchev–Trinajstić information content (AvgIpc) is 2.98. The van der Waals surface area contributed by atoms with Crippen molar-refractivity contribution in [2.24, 2.45) is 5.73 Å². The lowest BCUT2D eigenvalue weighted by Gasteiger charge is -2.02. The molecule has 0 bridgehead atoms. The van der Waals surface area contributed by atoms with Gasteiger partial charge in [0.05, 0.1) is 11.8 Å². The van der Waals surface area contributed by atoms with Crippen LogP contribution >= 0.6 is 11.3 Å². The van der Waals surface area contributed by atoms with Gasteiger partial charge in [-0.1, -0.05) is 5.21 Å². The smallest absolute Gasteiger partial charge is 0.249 e. The second kappa shape index (κ2) is 6.27. The zero-order valence-corrected chi connectivity index (χ0v) is 10.7. The lowest BCUT2D eigenvalue weighted by molar-refractivity contribution is 0.100. The molecule has 2 heterocycles. The normalized spacial score (nSPS) is 10.7. The predicted molar refractivity (Wildman–Crippen MR) is 69.2 cm³/mol. The first-order valence-corrected chi connectivity index (χ1v) is 6.55. The van der Waals surface area contributed by atoms with Gasteiger partial charge < -0.3 is 11.1 Å². The minimum atomic E-state index is -0.372.